The van der Waals surface area contributed by atoms with Crippen LogP contribution in [0.2, 0.25) is 5.02 Å². The van der Waals surface area contributed by atoms with Gasteiger partial charge in [0.1, 0.15) is 0 Å². The van der Waals surface area contributed by atoms with Crippen LogP contribution in [0.25, 0.3) is 10.8 Å². The Kier molecular flexibility index (Phi) is 3.90. The topological polar surface area (TPSA) is 104 Å². The van der Waals surface area contributed by atoms with Crippen molar-refractivity contribution in [1.82, 2.24) is 0 Å². The lowest BCUT2D eigenvalue weighted by Crippen LogP contribution is -2.03. The molecule has 6 nitrogen and oxygen atoms in total. The Hall–Kier alpha value is -2.47. The second-order valence-corrected chi connectivity index (χ2v) is 4.61. The highest BCUT2D eigenvalue weighted by Gasteiger charge is 2.17. The molecule has 7 heteroatoms. The van der Waals surface area contributed by atoms with Crippen molar-refractivity contribution < 1.29 is 24.9 Å². The van der Waals surface area contributed by atoms with Crippen LogP contribution in [0.15, 0.2) is 23.0 Å². The summed E-state index contributed by atoms with van der Waals surface area (Å²) in [5, 5.41) is 28.7. The lowest BCUT2D eigenvalue weighted by atomic mass is 10.1. The summed E-state index contributed by atoms with van der Waals surface area (Å²) < 4.78 is 4.80. The number of ether oxygens (including phenoxy) is 1. The monoisotopic (exact) mass is 310 g/mol. The molecule has 21 heavy (non-hydrogen) atoms. The van der Waals surface area contributed by atoms with E-state index in [1.54, 1.807) is 6.92 Å². The molecule has 0 saturated carbocycles. The van der Waals surface area contributed by atoms with E-state index in [9.17, 15) is 24.9 Å². The minimum Gasteiger partial charge on any atom is -0.504 e. The fourth-order valence-electron chi connectivity index (χ4n) is 1.88. The van der Waals surface area contributed by atoms with Crippen molar-refractivity contribution in [3.8, 4) is 17.2 Å². The Morgan fingerprint density at radius 2 is 1.86 bits per heavy atom. The molecule has 0 aliphatic rings. The van der Waals surface area contributed by atoms with Gasteiger partial charge in [-0.2, -0.15) is 0 Å². The number of esters is 1. The molecule has 0 atom stereocenters. The molecule has 2 rings (SSSR count). The van der Waals surface area contributed by atoms with Gasteiger partial charge in [-0.15, -0.1) is 0 Å². The van der Waals surface area contributed by atoms with Gasteiger partial charge < -0.3 is 20.1 Å². The van der Waals surface area contributed by atoms with Crippen LogP contribution in [0.3, 0.4) is 0 Å². The smallest absolute Gasteiger partial charge is 0.338 e. The normalized spacial score (nSPS) is 10.6. The van der Waals surface area contributed by atoms with E-state index < -0.39 is 28.6 Å². The second-order valence-electron chi connectivity index (χ2n) is 4.20. The van der Waals surface area contributed by atoms with Gasteiger partial charge in [-0.3, -0.25) is 4.79 Å². The van der Waals surface area contributed by atoms with E-state index in [0.29, 0.717) is 0 Å². The first kappa shape index (κ1) is 14.9. The van der Waals surface area contributed by atoms with Gasteiger partial charge in [0.2, 0.25) is 5.43 Å². The first-order valence-electron chi connectivity index (χ1n) is 5.95. The zero-order chi connectivity index (χ0) is 15.7. The number of hydrogen-bond donors (Lipinski definition) is 3. The first-order chi connectivity index (χ1) is 9.86. The van der Waals surface area contributed by atoms with Crippen LogP contribution in [-0.2, 0) is 4.74 Å². The minimum absolute atomic E-state index is 0.0809. The largest absolute Gasteiger partial charge is 0.504 e. The lowest BCUT2D eigenvalue weighted by Gasteiger charge is -2.03. The van der Waals surface area contributed by atoms with Crippen LogP contribution in [-0.4, -0.2) is 27.9 Å². The van der Waals surface area contributed by atoms with Crippen molar-refractivity contribution in [1.29, 1.82) is 0 Å². The summed E-state index contributed by atoms with van der Waals surface area (Å²) in [5.74, 6) is -2.94. The molecule has 0 fully saturated rings. The molecule has 2 aromatic rings. The first-order valence-corrected chi connectivity index (χ1v) is 6.33. The molecule has 0 aliphatic heterocycles. The van der Waals surface area contributed by atoms with Gasteiger partial charge in [0, 0.05) is 0 Å². The maximum atomic E-state index is 12.0. The number of fused-ring (bicyclic) bond motifs is 1. The van der Waals surface area contributed by atoms with Gasteiger partial charge in [0.15, 0.2) is 17.2 Å². The van der Waals surface area contributed by atoms with Crippen molar-refractivity contribution in [2.24, 2.45) is 0 Å². The molecule has 0 unspecified atom stereocenters. The fraction of sp³-hybridized carbons (Fsp3) is 0.143. The van der Waals surface area contributed by atoms with E-state index in [0.717, 1.165) is 6.07 Å². The SMILES string of the molecule is CCOC(=O)c1cc(O)c(=O)c2c(O)c(O)c(Cl)cc2c1. The second kappa shape index (κ2) is 5.49. The molecular weight excluding hydrogens is 300 g/mol. The maximum Gasteiger partial charge on any atom is 0.338 e. The number of aromatic hydroxyl groups is 3. The number of rotatable bonds is 2. The standard InChI is InChI=1S/C14H11ClO6/c1-2-21-14(20)7-3-6-4-8(15)11(17)13(19)10(6)12(18)9(16)5-7/h3-5,17,19H,2H2,1H3,(H,16,18). The molecule has 0 aromatic heterocycles. The average Bonchev–Trinajstić information content (AvgIpc) is 2.55. The zero-order valence-corrected chi connectivity index (χ0v) is 11.6. The summed E-state index contributed by atoms with van der Waals surface area (Å²) in [5.41, 5.74) is -1.02. The summed E-state index contributed by atoms with van der Waals surface area (Å²) in [6.45, 7) is 1.73. The molecule has 2 aromatic carbocycles. The third kappa shape index (κ3) is 2.57. The lowest BCUT2D eigenvalue weighted by molar-refractivity contribution is 0.0526. The van der Waals surface area contributed by atoms with E-state index in [4.69, 9.17) is 16.3 Å². The minimum atomic E-state index is -0.940. The van der Waals surface area contributed by atoms with Crippen molar-refractivity contribution in [2.75, 3.05) is 6.61 Å². The Labute approximate surface area is 123 Å². The quantitative estimate of drug-likeness (QED) is 0.580. The number of hydrogen-bond acceptors (Lipinski definition) is 6. The Morgan fingerprint density at radius 3 is 2.48 bits per heavy atom. The zero-order valence-electron chi connectivity index (χ0n) is 10.9. The number of benzene rings is 1. The van der Waals surface area contributed by atoms with Crippen LogP contribution in [0.1, 0.15) is 17.3 Å². The number of phenolic OH excluding ortho intramolecular Hbond substituents is 2. The van der Waals surface area contributed by atoms with Crippen LogP contribution in [0.5, 0.6) is 17.2 Å². The number of halogens is 1. The summed E-state index contributed by atoms with van der Waals surface area (Å²) >= 11 is 5.73. The van der Waals surface area contributed by atoms with Crippen LogP contribution in [0.4, 0.5) is 0 Å². The number of phenols is 2. The van der Waals surface area contributed by atoms with Gasteiger partial charge in [-0.1, -0.05) is 11.6 Å². The van der Waals surface area contributed by atoms with E-state index >= 15 is 0 Å². The summed E-state index contributed by atoms with van der Waals surface area (Å²) in [4.78, 5) is 23.8. The van der Waals surface area contributed by atoms with E-state index in [2.05, 4.69) is 0 Å². The maximum absolute atomic E-state index is 12.0. The molecule has 0 bridgehead atoms. The van der Waals surface area contributed by atoms with Crippen LogP contribution >= 0.6 is 11.6 Å². The molecule has 0 radical (unpaired) electrons. The summed E-state index contributed by atoms with van der Waals surface area (Å²) in [7, 11) is 0. The van der Waals surface area contributed by atoms with Crippen LogP contribution in [0, 0.1) is 0 Å². The highest BCUT2D eigenvalue weighted by molar-refractivity contribution is 6.33. The molecule has 0 aliphatic carbocycles. The average molecular weight is 311 g/mol. The van der Waals surface area contributed by atoms with E-state index in [1.165, 1.54) is 12.1 Å². The summed E-state index contributed by atoms with van der Waals surface area (Å²) in [6, 6.07) is 3.37. The molecular formula is C14H11ClO6. The van der Waals surface area contributed by atoms with Gasteiger partial charge in [-0.25, -0.2) is 4.79 Å². The van der Waals surface area contributed by atoms with E-state index in [1.807, 2.05) is 0 Å². The number of carbonyl (C=O) groups is 1. The summed E-state index contributed by atoms with van der Waals surface area (Å²) in [6.07, 6.45) is 0. The Balaban J connectivity index is 2.93. The fourth-order valence-corrected chi connectivity index (χ4v) is 2.09. The predicted octanol–water partition coefficient (Wildman–Crippen LogP) is 2.15. The number of carbonyl (C=O) groups excluding carboxylic acids is 1. The third-order valence-electron chi connectivity index (χ3n) is 2.83. The highest BCUT2D eigenvalue weighted by atomic mass is 35.5. The van der Waals surface area contributed by atoms with Gasteiger partial charge in [0.25, 0.3) is 0 Å². The predicted molar refractivity (Wildman–Crippen MR) is 76.2 cm³/mol. The van der Waals surface area contributed by atoms with E-state index in [-0.39, 0.29) is 28.0 Å². The van der Waals surface area contributed by atoms with Crippen molar-refractivity contribution in [3.63, 3.8) is 0 Å². The molecule has 0 saturated heterocycles. The van der Waals surface area contributed by atoms with Gasteiger partial charge in [-0.05, 0) is 30.5 Å². The van der Waals surface area contributed by atoms with Crippen molar-refractivity contribution >= 4 is 28.3 Å². The van der Waals surface area contributed by atoms with Crippen LogP contribution < -0.4 is 5.43 Å². The molecule has 0 spiro atoms. The highest BCUT2D eigenvalue weighted by Crippen LogP contribution is 2.38. The van der Waals surface area contributed by atoms with Crippen molar-refractivity contribution in [2.45, 2.75) is 6.92 Å². The Bertz CT molecular complexity index is 800. The third-order valence-corrected chi connectivity index (χ3v) is 3.12. The van der Waals surface area contributed by atoms with Gasteiger partial charge >= 0.3 is 5.97 Å². The molecule has 110 valence electrons. The molecule has 3 N–H and O–H groups in total. The van der Waals surface area contributed by atoms with Crippen molar-refractivity contribution in [3.05, 3.63) is 39.0 Å². The molecule has 0 heterocycles. The Morgan fingerprint density at radius 1 is 1.19 bits per heavy atom. The molecule has 0 amide bonds. The van der Waals surface area contributed by atoms with Gasteiger partial charge in [0.05, 0.1) is 22.6 Å².